The highest BCUT2D eigenvalue weighted by Crippen LogP contribution is 2.33. The van der Waals surface area contributed by atoms with E-state index in [1.165, 1.54) is 31.2 Å². The van der Waals surface area contributed by atoms with Crippen molar-refractivity contribution in [2.75, 3.05) is 43.2 Å². The Labute approximate surface area is 172 Å². The Morgan fingerprint density at radius 2 is 1.79 bits per heavy atom. The number of hydrogen-bond donors (Lipinski definition) is 1. The van der Waals surface area contributed by atoms with Crippen molar-refractivity contribution < 1.29 is 9.47 Å². The molecule has 1 saturated carbocycles. The van der Waals surface area contributed by atoms with Crippen LogP contribution in [0.15, 0.2) is 24.3 Å². The van der Waals surface area contributed by atoms with Crippen LogP contribution in [0.2, 0.25) is 0 Å². The third-order valence-electron chi connectivity index (χ3n) is 6.07. The summed E-state index contributed by atoms with van der Waals surface area (Å²) in [5.74, 6) is 3.54. The van der Waals surface area contributed by atoms with E-state index >= 15 is 0 Å². The molecule has 3 aliphatic rings. The van der Waals surface area contributed by atoms with E-state index < -0.39 is 0 Å². The van der Waals surface area contributed by atoms with Crippen LogP contribution in [-0.4, -0.2) is 53.9 Å². The highest BCUT2D eigenvalue weighted by molar-refractivity contribution is 5.46. The Hall–Kier alpha value is -2.54. The van der Waals surface area contributed by atoms with Crippen LogP contribution in [0, 0.1) is 6.92 Å². The van der Waals surface area contributed by atoms with Gasteiger partial charge in [-0.2, -0.15) is 4.98 Å². The number of ether oxygens (including phenoxy) is 2. The van der Waals surface area contributed by atoms with Gasteiger partial charge in [0.1, 0.15) is 5.82 Å². The van der Waals surface area contributed by atoms with Crippen molar-refractivity contribution in [3.8, 4) is 11.5 Å². The molecule has 29 heavy (non-hydrogen) atoms. The largest absolute Gasteiger partial charge is 0.454 e. The van der Waals surface area contributed by atoms with Crippen molar-refractivity contribution in [3.63, 3.8) is 0 Å². The Morgan fingerprint density at radius 1 is 1.00 bits per heavy atom. The Morgan fingerprint density at radius 3 is 2.62 bits per heavy atom. The molecule has 2 fully saturated rings. The second-order valence-electron chi connectivity index (χ2n) is 8.27. The van der Waals surface area contributed by atoms with Crippen molar-refractivity contribution in [3.05, 3.63) is 35.5 Å². The molecule has 2 aliphatic heterocycles. The van der Waals surface area contributed by atoms with E-state index in [4.69, 9.17) is 14.5 Å². The molecule has 0 unspecified atom stereocenters. The SMILES string of the molecule is Cc1cc(N2CCN(Cc3ccc4c(c3)OCO4)CC2)nc(NC2CCCC2)n1. The van der Waals surface area contributed by atoms with Crippen LogP contribution in [0.3, 0.4) is 0 Å². The summed E-state index contributed by atoms with van der Waals surface area (Å²) in [5, 5.41) is 3.54. The molecule has 1 N–H and O–H groups in total. The number of rotatable bonds is 5. The highest BCUT2D eigenvalue weighted by atomic mass is 16.7. The minimum absolute atomic E-state index is 0.327. The summed E-state index contributed by atoms with van der Waals surface area (Å²) in [6.07, 6.45) is 5.07. The second-order valence-corrected chi connectivity index (χ2v) is 8.27. The Kier molecular flexibility index (Phi) is 5.14. The minimum atomic E-state index is 0.327. The number of benzene rings is 1. The van der Waals surface area contributed by atoms with Crippen LogP contribution in [0.1, 0.15) is 36.9 Å². The van der Waals surface area contributed by atoms with Gasteiger partial charge in [0.2, 0.25) is 12.7 Å². The summed E-state index contributed by atoms with van der Waals surface area (Å²) in [6.45, 7) is 7.30. The fraction of sp³-hybridized carbons (Fsp3) is 0.545. The smallest absolute Gasteiger partial charge is 0.231 e. The Bertz CT molecular complexity index is 860. The number of piperazine rings is 1. The van der Waals surface area contributed by atoms with Gasteiger partial charge in [-0.3, -0.25) is 4.90 Å². The molecule has 3 heterocycles. The first-order valence-electron chi connectivity index (χ1n) is 10.7. The summed E-state index contributed by atoms with van der Waals surface area (Å²) < 4.78 is 10.9. The van der Waals surface area contributed by atoms with Crippen molar-refractivity contribution in [2.45, 2.75) is 45.2 Å². The maximum atomic E-state index is 5.50. The molecule has 0 amide bonds. The van der Waals surface area contributed by atoms with E-state index in [1.807, 2.05) is 6.07 Å². The first kappa shape index (κ1) is 18.5. The van der Waals surface area contributed by atoms with Gasteiger partial charge in [0.25, 0.3) is 0 Å². The van der Waals surface area contributed by atoms with Crippen molar-refractivity contribution in [1.82, 2.24) is 14.9 Å². The molecule has 2 aromatic rings. The minimum Gasteiger partial charge on any atom is -0.454 e. The number of nitrogens with one attached hydrogen (secondary N) is 1. The summed E-state index contributed by atoms with van der Waals surface area (Å²) in [4.78, 5) is 14.3. The molecule has 154 valence electrons. The van der Waals surface area contributed by atoms with Gasteiger partial charge >= 0.3 is 0 Å². The highest BCUT2D eigenvalue weighted by Gasteiger charge is 2.21. The van der Waals surface area contributed by atoms with Gasteiger partial charge < -0.3 is 19.7 Å². The molecular formula is C22H29N5O2. The van der Waals surface area contributed by atoms with Crippen LogP contribution in [0.5, 0.6) is 11.5 Å². The molecule has 0 bridgehead atoms. The molecule has 5 rings (SSSR count). The molecule has 0 radical (unpaired) electrons. The standard InChI is InChI=1S/C22H29N5O2/c1-16-12-21(25-22(23-16)24-18-4-2-3-5-18)27-10-8-26(9-11-27)14-17-6-7-19-20(13-17)29-15-28-19/h6-7,12-13,18H,2-5,8-11,14-15H2,1H3,(H,23,24,25). The van der Waals surface area contributed by atoms with E-state index in [1.54, 1.807) is 0 Å². The van der Waals surface area contributed by atoms with Crippen LogP contribution < -0.4 is 19.7 Å². The summed E-state index contributed by atoms with van der Waals surface area (Å²) in [6, 6.07) is 8.88. The molecule has 1 saturated heterocycles. The maximum absolute atomic E-state index is 5.50. The average Bonchev–Trinajstić information content (AvgIpc) is 3.39. The van der Waals surface area contributed by atoms with Gasteiger partial charge in [-0.25, -0.2) is 4.98 Å². The quantitative estimate of drug-likeness (QED) is 0.834. The van der Waals surface area contributed by atoms with Gasteiger partial charge in [-0.1, -0.05) is 18.9 Å². The predicted octanol–water partition coefficient (Wildman–Crippen LogP) is 3.19. The maximum Gasteiger partial charge on any atom is 0.231 e. The molecule has 1 aromatic carbocycles. The topological polar surface area (TPSA) is 62.8 Å². The third kappa shape index (κ3) is 4.24. The predicted molar refractivity (Wildman–Crippen MR) is 113 cm³/mol. The number of fused-ring (bicyclic) bond motifs is 1. The van der Waals surface area contributed by atoms with E-state index in [9.17, 15) is 0 Å². The number of anilines is 2. The second kappa shape index (κ2) is 8.06. The third-order valence-corrected chi connectivity index (χ3v) is 6.07. The lowest BCUT2D eigenvalue weighted by Crippen LogP contribution is -2.46. The summed E-state index contributed by atoms with van der Waals surface area (Å²) in [7, 11) is 0. The van der Waals surface area contributed by atoms with Crippen LogP contribution in [0.25, 0.3) is 0 Å². The molecule has 0 spiro atoms. The average molecular weight is 396 g/mol. The zero-order valence-corrected chi connectivity index (χ0v) is 17.1. The Balaban J connectivity index is 1.19. The zero-order chi connectivity index (χ0) is 19.6. The molecule has 1 aliphatic carbocycles. The van der Waals surface area contributed by atoms with E-state index in [-0.39, 0.29) is 0 Å². The van der Waals surface area contributed by atoms with E-state index in [0.29, 0.717) is 12.8 Å². The van der Waals surface area contributed by atoms with Crippen molar-refractivity contribution >= 4 is 11.8 Å². The summed E-state index contributed by atoms with van der Waals surface area (Å²) in [5.41, 5.74) is 2.29. The van der Waals surface area contributed by atoms with Gasteiger partial charge in [0.05, 0.1) is 0 Å². The molecule has 0 atom stereocenters. The zero-order valence-electron chi connectivity index (χ0n) is 17.1. The van der Waals surface area contributed by atoms with Gasteiger partial charge in [0, 0.05) is 50.5 Å². The lowest BCUT2D eigenvalue weighted by atomic mass is 10.1. The molecular weight excluding hydrogens is 366 g/mol. The number of aromatic nitrogens is 2. The lowest BCUT2D eigenvalue weighted by Gasteiger charge is -2.35. The number of aryl methyl sites for hydroxylation is 1. The molecule has 7 heteroatoms. The summed E-state index contributed by atoms with van der Waals surface area (Å²) >= 11 is 0. The molecule has 1 aromatic heterocycles. The van der Waals surface area contributed by atoms with Crippen LogP contribution >= 0.6 is 0 Å². The van der Waals surface area contributed by atoms with E-state index in [2.05, 4.69) is 45.2 Å². The fourth-order valence-corrected chi connectivity index (χ4v) is 4.46. The van der Waals surface area contributed by atoms with Gasteiger partial charge in [0.15, 0.2) is 11.5 Å². The molecule has 7 nitrogen and oxygen atoms in total. The monoisotopic (exact) mass is 395 g/mol. The van der Waals surface area contributed by atoms with E-state index in [0.717, 1.165) is 61.7 Å². The van der Waals surface area contributed by atoms with Gasteiger partial charge in [-0.05, 0) is 37.5 Å². The number of hydrogen-bond acceptors (Lipinski definition) is 7. The fourth-order valence-electron chi connectivity index (χ4n) is 4.46. The van der Waals surface area contributed by atoms with Gasteiger partial charge in [-0.15, -0.1) is 0 Å². The van der Waals surface area contributed by atoms with Crippen LogP contribution in [0.4, 0.5) is 11.8 Å². The lowest BCUT2D eigenvalue weighted by molar-refractivity contribution is 0.174. The first-order valence-corrected chi connectivity index (χ1v) is 10.7. The number of nitrogens with zero attached hydrogens (tertiary/aromatic N) is 4. The van der Waals surface area contributed by atoms with Crippen molar-refractivity contribution in [2.24, 2.45) is 0 Å². The van der Waals surface area contributed by atoms with Crippen LogP contribution in [-0.2, 0) is 6.54 Å². The first-order chi connectivity index (χ1) is 14.2. The van der Waals surface area contributed by atoms with Crippen molar-refractivity contribution in [1.29, 1.82) is 0 Å². The normalized spacial score (nSPS) is 19.7.